The molecule has 6 nitrogen and oxygen atoms in total. The lowest BCUT2D eigenvalue weighted by molar-refractivity contribution is -0.148. The molecule has 0 fully saturated rings. The Morgan fingerprint density at radius 1 is 1.28 bits per heavy atom. The molecule has 0 aliphatic rings. The Hall–Kier alpha value is -2.15. The number of benzene rings is 1. The molecule has 0 spiro atoms. The van der Waals surface area contributed by atoms with E-state index in [4.69, 9.17) is 4.74 Å². The van der Waals surface area contributed by atoms with Crippen LogP contribution in [-0.2, 0) is 19.1 Å². The van der Waals surface area contributed by atoms with Crippen molar-refractivity contribution < 1.29 is 19.1 Å². The third-order valence-electron chi connectivity index (χ3n) is 2.92. The zero-order valence-corrected chi connectivity index (χ0v) is 16.4. The molecule has 0 unspecified atom stereocenters. The van der Waals surface area contributed by atoms with E-state index >= 15 is 0 Å². The third-order valence-corrected chi connectivity index (χ3v) is 3.41. The van der Waals surface area contributed by atoms with Crippen LogP contribution in [0.4, 0.5) is 0 Å². The van der Waals surface area contributed by atoms with Crippen molar-refractivity contribution >= 4 is 39.8 Å². The van der Waals surface area contributed by atoms with Crippen LogP contribution < -0.4 is 5.32 Å². The first-order valence-corrected chi connectivity index (χ1v) is 8.51. The van der Waals surface area contributed by atoms with E-state index in [2.05, 4.69) is 21.2 Å². The SMILES string of the molecule is CN(CC(=O)NC(C)(C)C)C(=O)COC(=O)/C=C/c1cccc(Br)c1. The first kappa shape index (κ1) is 20.9. The van der Waals surface area contributed by atoms with Gasteiger partial charge in [0.25, 0.3) is 5.91 Å². The minimum Gasteiger partial charge on any atom is -0.452 e. The largest absolute Gasteiger partial charge is 0.452 e. The van der Waals surface area contributed by atoms with Crippen molar-refractivity contribution in [2.45, 2.75) is 26.3 Å². The number of esters is 1. The monoisotopic (exact) mass is 410 g/mol. The van der Waals surface area contributed by atoms with Crippen molar-refractivity contribution in [1.82, 2.24) is 10.2 Å². The Bertz CT molecular complexity index is 665. The van der Waals surface area contributed by atoms with Crippen molar-refractivity contribution in [2.24, 2.45) is 0 Å². The maximum atomic E-state index is 11.9. The summed E-state index contributed by atoms with van der Waals surface area (Å²) in [5.41, 5.74) is 0.457. The van der Waals surface area contributed by atoms with Crippen LogP contribution in [0.5, 0.6) is 0 Å². The van der Waals surface area contributed by atoms with Crippen LogP contribution in [0.1, 0.15) is 26.3 Å². The number of likely N-dealkylation sites (N-methyl/N-ethyl adjacent to an activating group) is 1. The molecule has 1 aromatic carbocycles. The van der Waals surface area contributed by atoms with Crippen molar-refractivity contribution in [1.29, 1.82) is 0 Å². The summed E-state index contributed by atoms with van der Waals surface area (Å²) in [4.78, 5) is 36.6. The molecule has 0 atom stereocenters. The molecular formula is C18H23BrN2O4. The van der Waals surface area contributed by atoms with Crippen molar-refractivity contribution in [3.05, 3.63) is 40.4 Å². The van der Waals surface area contributed by atoms with Gasteiger partial charge >= 0.3 is 5.97 Å². The predicted molar refractivity (Wildman–Crippen MR) is 99.7 cm³/mol. The quantitative estimate of drug-likeness (QED) is 0.576. The lowest BCUT2D eigenvalue weighted by atomic mass is 10.1. The van der Waals surface area contributed by atoms with Crippen LogP contribution in [0, 0.1) is 0 Å². The highest BCUT2D eigenvalue weighted by Crippen LogP contribution is 2.12. The molecule has 0 heterocycles. The zero-order valence-electron chi connectivity index (χ0n) is 14.8. The second kappa shape index (κ2) is 9.36. The normalized spacial score (nSPS) is 11.2. The van der Waals surface area contributed by atoms with Gasteiger partial charge in [-0.15, -0.1) is 0 Å². The van der Waals surface area contributed by atoms with E-state index < -0.39 is 18.5 Å². The number of carbonyl (C=O) groups excluding carboxylic acids is 3. The number of ether oxygens (including phenoxy) is 1. The van der Waals surface area contributed by atoms with E-state index in [1.165, 1.54) is 18.0 Å². The Balaban J connectivity index is 2.42. The van der Waals surface area contributed by atoms with E-state index in [9.17, 15) is 14.4 Å². The molecule has 0 radical (unpaired) electrons. The fourth-order valence-electron chi connectivity index (χ4n) is 1.83. The van der Waals surface area contributed by atoms with Gasteiger partial charge in [0.2, 0.25) is 5.91 Å². The van der Waals surface area contributed by atoms with Crippen molar-refractivity contribution in [2.75, 3.05) is 20.2 Å². The Morgan fingerprint density at radius 3 is 2.56 bits per heavy atom. The Labute approximate surface area is 156 Å². The standard InChI is InChI=1S/C18H23BrN2O4/c1-18(2,3)20-15(22)11-21(4)16(23)12-25-17(24)9-8-13-6-5-7-14(19)10-13/h5-10H,11-12H2,1-4H3,(H,20,22)/b9-8+. The van der Waals surface area contributed by atoms with Crippen LogP contribution in [0.15, 0.2) is 34.8 Å². The van der Waals surface area contributed by atoms with Gasteiger partial charge in [0.1, 0.15) is 0 Å². The fraction of sp³-hybridized carbons (Fsp3) is 0.389. The number of rotatable bonds is 6. The van der Waals surface area contributed by atoms with E-state index in [1.807, 2.05) is 45.0 Å². The summed E-state index contributed by atoms with van der Waals surface area (Å²) in [6.07, 6.45) is 2.85. The number of hydrogen-bond acceptors (Lipinski definition) is 4. The maximum absolute atomic E-state index is 11.9. The molecule has 0 aliphatic heterocycles. The first-order chi connectivity index (χ1) is 11.6. The topological polar surface area (TPSA) is 75.7 Å². The Kier molecular flexibility index (Phi) is 7.83. The van der Waals surface area contributed by atoms with Gasteiger partial charge in [-0.25, -0.2) is 4.79 Å². The Morgan fingerprint density at radius 2 is 1.96 bits per heavy atom. The van der Waals surface area contributed by atoms with Crippen molar-refractivity contribution in [3.8, 4) is 0 Å². The molecule has 1 aromatic rings. The number of carbonyl (C=O) groups is 3. The number of hydrogen-bond donors (Lipinski definition) is 1. The molecule has 0 saturated heterocycles. The first-order valence-electron chi connectivity index (χ1n) is 7.72. The molecular weight excluding hydrogens is 388 g/mol. The number of amides is 2. The molecule has 7 heteroatoms. The van der Waals surface area contributed by atoms with Gasteiger partial charge in [-0.2, -0.15) is 0 Å². The zero-order chi connectivity index (χ0) is 19.0. The molecule has 0 aliphatic carbocycles. The smallest absolute Gasteiger partial charge is 0.331 e. The maximum Gasteiger partial charge on any atom is 0.331 e. The second-order valence-electron chi connectivity index (χ2n) is 6.54. The minimum absolute atomic E-state index is 0.0957. The molecule has 2 amide bonds. The minimum atomic E-state index is -0.624. The average Bonchev–Trinajstić information content (AvgIpc) is 2.48. The van der Waals surface area contributed by atoms with E-state index in [-0.39, 0.29) is 18.0 Å². The van der Waals surface area contributed by atoms with E-state index in [0.717, 1.165) is 10.0 Å². The molecule has 1 rings (SSSR count). The molecule has 25 heavy (non-hydrogen) atoms. The van der Waals surface area contributed by atoms with Crippen molar-refractivity contribution in [3.63, 3.8) is 0 Å². The molecule has 0 aromatic heterocycles. The number of nitrogens with one attached hydrogen (secondary N) is 1. The van der Waals surface area contributed by atoms with Gasteiger partial charge in [-0.1, -0.05) is 28.1 Å². The lowest BCUT2D eigenvalue weighted by Gasteiger charge is -2.23. The van der Waals surface area contributed by atoms with Crippen LogP contribution in [-0.4, -0.2) is 48.4 Å². The summed E-state index contributed by atoms with van der Waals surface area (Å²) in [5.74, 6) is -1.35. The highest BCUT2D eigenvalue weighted by Gasteiger charge is 2.18. The van der Waals surface area contributed by atoms with E-state index in [1.54, 1.807) is 6.08 Å². The summed E-state index contributed by atoms with van der Waals surface area (Å²) in [5, 5.41) is 2.76. The van der Waals surface area contributed by atoms with E-state index in [0.29, 0.717) is 0 Å². The molecule has 0 bridgehead atoms. The van der Waals surface area contributed by atoms with Crippen LogP contribution >= 0.6 is 15.9 Å². The third kappa shape index (κ3) is 9.05. The number of nitrogens with zero attached hydrogens (tertiary/aromatic N) is 1. The second-order valence-corrected chi connectivity index (χ2v) is 7.46. The van der Waals surface area contributed by atoms with Gasteiger partial charge in [0.15, 0.2) is 6.61 Å². The summed E-state index contributed by atoms with van der Waals surface area (Å²) in [6, 6.07) is 7.40. The van der Waals surface area contributed by atoms with Crippen LogP contribution in [0.3, 0.4) is 0 Å². The van der Waals surface area contributed by atoms with Gasteiger partial charge in [0, 0.05) is 23.1 Å². The van der Waals surface area contributed by atoms with Gasteiger partial charge in [0.05, 0.1) is 6.54 Å². The highest BCUT2D eigenvalue weighted by molar-refractivity contribution is 9.10. The molecule has 1 N–H and O–H groups in total. The fourth-order valence-corrected chi connectivity index (χ4v) is 2.24. The van der Waals surface area contributed by atoms with Gasteiger partial charge < -0.3 is 15.0 Å². The molecule has 136 valence electrons. The predicted octanol–water partition coefficient (Wildman–Crippen LogP) is 2.38. The molecule has 0 saturated carbocycles. The lowest BCUT2D eigenvalue weighted by Crippen LogP contribution is -2.46. The summed E-state index contributed by atoms with van der Waals surface area (Å²) in [7, 11) is 1.48. The van der Waals surface area contributed by atoms with Crippen LogP contribution in [0.25, 0.3) is 6.08 Å². The van der Waals surface area contributed by atoms with Gasteiger partial charge in [-0.05, 0) is 44.5 Å². The summed E-state index contributed by atoms with van der Waals surface area (Å²) < 4.78 is 5.80. The van der Waals surface area contributed by atoms with Gasteiger partial charge in [-0.3, -0.25) is 9.59 Å². The van der Waals surface area contributed by atoms with Crippen LogP contribution in [0.2, 0.25) is 0 Å². The number of halogens is 1. The summed E-state index contributed by atoms with van der Waals surface area (Å²) in [6.45, 7) is 5.05. The highest BCUT2D eigenvalue weighted by atomic mass is 79.9. The summed E-state index contributed by atoms with van der Waals surface area (Å²) >= 11 is 3.34. The average molecular weight is 411 g/mol.